The number of fused-ring (bicyclic) bond motifs is 1. The van der Waals surface area contributed by atoms with Crippen LogP contribution in [0.2, 0.25) is 5.02 Å². The van der Waals surface area contributed by atoms with Crippen LogP contribution in [-0.2, 0) is 13.0 Å². The van der Waals surface area contributed by atoms with Gasteiger partial charge in [0.15, 0.2) is 0 Å². The van der Waals surface area contributed by atoms with E-state index in [2.05, 4.69) is 41.9 Å². The van der Waals surface area contributed by atoms with E-state index in [4.69, 9.17) is 16.3 Å². The zero-order valence-electron chi connectivity index (χ0n) is 19.0. The molecule has 3 aromatic carbocycles. The fourth-order valence-electron chi connectivity index (χ4n) is 3.52. The second-order valence-electron chi connectivity index (χ2n) is 7.82. The van der Waals surface area contributed by atoms with Gasteiger partial charge in [-0.3, -0.25) is 14.9 Å². The monoisotopic (exact) mass is 632 g/mol. The van der Waals surface area contributed by atoms with Crippen LogP contribution in [0.4, 0.5) is 5.69 Å². The first kappa shape index (κ1) is 26.0. The molecule has 1 heterocycles. The van der Waals surface area contributed by atoms with Gasteiger partial charge in [-0.15, -0.1) is 0 Å². The standard InChI is InChI=1S/C25H19Br2ClN4O4/c1-2-3-23-30-22-9-6-17(26)11-20(22)25(33)31(23)29-13-16-10-18(28)12-21(27)24(16)36-14-15-4-7-19(8-5-15)32(34)35/h4-13H,2-3,14H2,1H3. The normalized spacial score (nSPS) is 11.3. The minimum absolute atomic E-state index is 0.00333. The summed E-state index contributed by atoms with van der Waals surface area (Å²) in [7, 11) is 0. The molecule has 11 heteroatoms. The van der Waals surface area contributed by atoms with Gasteiger partial charge in [0.25, 0.3) is 11.2 Å². The highest BCUT2D eigenvalue weighted by atomic mass is 79.9. The molecule has 184 valence electrons. The Morgan fingerprint density at radius 1 is 1.17 bits per heavy atom. The predicted molar refractivity (Wildman–Crippen MR) is 147 cm³/mol. The summed E-state index contributed by atoms with van der Waals surface area (Å²) >= 11 is 13.2. The van der Waals surface area contributed by atoms with E-state index in [1.165, 1.54) is 23.0 Å². The van der Waals surface area contributed by atoms with E-state index in [0.717, 1.165) is 16.5 Å². The first-order chi connectivity index (χ1) is 17.3. The number of nitrogens with zero attached hydrogens (tertiary/aromatic N) is 4. The zero-order valence-corrected chi connectivity index (χ0v) is 22.9. The van der Waals surface area contributed by atoms with Crippen molar-refractivity contribution in [1.29, 1.82) is 0 Å². The average Bonchev–Trinajstić information content (AvgIpc) is 2.84. The molecule has 4 rings (SSSR count). The molecule has 36 heavy (non-hydrogen) atoms. The smallest absolute Gasteiger partial charge is 0.282 e. The number of aromatic nitrogens is 2. The Morgan fingerprint density at radius 2 is 1.92 bits per heavy atom. The third-order valence-electron chi connectivity index (χ3n) is 5.23. The summed E-state index contributed by atoms with van der Waals surface area (Å²) in [6, 6.07) is 14.8. The van der Waals surface area contributed by atoms with Crippen LogP contribution < -0.4 is 10.3 Å². The minimum Gasteiger partial charge on any atom is -0.487 e. The predicted octanol–water partition coefficient (Wildman–Crippen LogP) is 6.90. The number of hydrogen-bond acceptors (Lipinski definition) is 6. The van der Waals surface area contributed by atoms with E-state index in [1.807, 2.05) is 13.0 Å². The SMILES string of the molecule is CCCc1nc2ccc(Br)cc2c(=O)n1N=Cc1cc(Cl)cc(Br)c1OCc1ccc([N+](=O)[O-])cc1. The highest BCUT2D eigenvalue weighted by Gasteiger charge is 2.13. The van der Waals surface area contributed by atoms with Crippen LogP contribution in [-0.4, -0.2) is 20.8 Å². The molecule has 1 aromatic heterocycles. The lowest BCUT2D eigenvalue weighted by Crippen LogP contribution is -2.22. The van der Waals surface area contributed by atoms with Gasteiger partial charge < -0.3 is 4.74 Å². The molecule has 0 fully saturated rings. The number of ether oxygens (including phenoxy) is 1. The number of halogens is 3. The molecule has 0 atom stereocenters. The van der Waals surface area contributed by atoms with Crippen molar-refractivity contribution in [3.05, 3.63) is 106 Å². The molecule has 0 amide bonds. The number of rotatable bonds is 8. The summed E-state index contributed by atoms with van der Waals surface area (Å²) in [5.74, 6) is 1.01. The van der Waals surface area contributed by atoms with Gasteiger partial charge in [-0.1, -0.05) is 34.5 Å². The van der Waals surface area contributed by atoms with E-state index < -0.39 is 4.92 Å². The first-order valence-electron chi connectivity index (χ1n) is 10.9. The Balaban J connectivity index is 1.71. The highest BCUT2D eigenvalue weighted by Crippen LogP contribution is 2.32. The van der Waals surface area contributed by atoms with Gasteiger partial charge in [0.05, 0.1) is 26.5 Å². The van der Waals surface area contributed by atoms with E-state index >= 15 is 0 Å². The fourth-order valence-corrected chi connectivity index (χ4v) is 4.83. The number of non-ortho nitro benzene ring substituents is 1. The molecule has 0 N–H and O–H groups in total. The Labute approximate surface area is 228 Å². The van der Waals surface area contributed by atoms with Crippen molar-refractivity contribution < 1.29 is 9.66 Å². The van der Waals surface area contributed by atoms with Crippen molar-refractivity contribution in [2.45, 2.75) is 26.4 Å². The topological polar surface area (TPSA) is 99.6 Å². The number of nitro benzene ring substituents is 1. The molecule has 0 saturated heterocycles. The molecule has 0 saturated carbocycles. The third-order valence-corrected chi connectivity index (χ3v) is 6.53. The van der Waals surface area contributed by atoms with Crippen LogP contribution in [0.1, 0.15) is 30.3 Å². The summed E-state index contributed by atoms with van der Waals surface area (Å²) in [6.07, 6.45) is 2.87. The molecule has 4 aromatic rings. The van der Waals surface area contributed by atoms with E-state index in [-0.39, 0.29) is 17.9 Å². The van der Waals surface area contributed by atoms with Gasteiger partial charge in [-0.05, 0) is 70.4 Å². The third kappa shape index (κ3) is 5.83. The number of aryl methyl sites for hydroxylation is 1. The Bertz CT molecular complexity index is 1540. The van der Waals surface area contributed by atoms with Gasteiger partial charge in [0.1, 0.15) is 18.2 Å². The van der Waals surface area contributed by atoms with Crippen LogP contribution in [0.15, 0.2) is 73.4 Å². The Morgan fingerprint density at radius 3 is 2.61 bits per heavy atom. The lowest BCUT2D eigenvalue weighted by molar-refractivity contribution is -0.384. The molecule has 0 aliphatic rings. The highest BCUT2D eigenvalue weighted by molar-refractivity contribution is 9.10. The van der Waals surface area contributed by atoms with Gasteiger partial charge in [-0.2, -0.15) is 9.78 Å². The van der Waals surface area contributed by atoms with Crippen molar-refractivity contribution in [1.82, 2.24) is 9.66 Å². The van der Waals surface area contributed by atoms with Crippen LogP contribution in [0.25, 0.3) is 10.9 Å². The lowest BCUT2D eigenvalue weighted by Gasteiger charge is -2.13. The van der Waals surface area contributed by atoms with E-state index in [9.17, 15) is 14.9 Å². The second-order valence-corrected chi connectivity index (χ2v) is 10.0. The van der Waals surface area contributed by atoms with Gasteiger partial charge in [-0.25, -0.2) is 4.98 Å². The van der Waals surface area contributed by atoms with Crippen LogP contribution in [0, 0.1) is 10.1 Å². The number of benzene rings is 3. The van der Waals surface area contributed by atoms with Gasteiger partial charge in [0, 0.05) is 33.6 Å². The molecule has 0 bridgehead atoms. The maximum Gasteiger partial charge on any atom is 0.282 e. The van der Waals surface area contributed by atoms with Crippen molar-refractivity contribution in [3.63, 3.8) is 0 Å². The Hall–Kier alpha value is -3.08. The van der Waals surface area contributed by atoms with Crippen molar-refractivity contribution in [2.24, 2.45) is 5.10 Å². The van der Waals surface area contributed by atoms with Gasteiger partial charge >= 0.3 is 0 Å². The maximum atomic E-state index is 13.3. The van der Waals surface area contributed by atoms with Crippen molar-refractivity contribution in [3.8, 4) is 5.75 Å². The van der Waals surface area contributed by atoms with Crippen LogP contribution in [0.3, 0.4) is 0 Å². The summed E-state index contributed by atoms with van der Waals surface area (Å²) in [6.45, 7) is 2.16. The molecule has 0 aliphatic heterocycles. The maximum absolute atomic E-state index is 13.3. The summed E-state index contributed by atoms with van der Waals surface area (Å²) in [5, 5.41) is 16.3. The van der Waals surface area contributed by atoms with Gasteiger partial charge in [0.2, 0.25) is 0 Å². The zero-order chi connectivity index (χ0) is 25.8. The number of nitro groups is 1. The molecule has 0 spiro atoms. The van der Waals surface area contributed by atoms with Crippen LogP contribution in [0.5, 0.6) is 5.75 Å². The molecule has 0 radical (unpaired) electrons. The second kappa shape index (κ2) is 11.3. The molecule has 0 aliphatic carbocycles. The average molecular weight is 635 g/mol. The molecular formula is C25H19Br2ClN4O4. The minimum atomic E-state index is -0.454. The van der Waals surface area contributed by atoms with Crippen LogP contribution >= 0.6 is 43.5 Å². The fraction of sp³-hybridized carbons (Fsp3) is 0.160. The Kier molecular flexibility index (Phi) is 8.17. The first-order valence-corrected chi connectivity index (χ1v) is 12.8. The van der Waals surface area contributed by atoms with E-state index in [0.29, 0.717) is 44.0 Å². The van der Waals surface area contributed by atoms with Crippen molar-refractivity contribution in [2.75, 3.05) is 0 Å². The molecule has 8 nitrogen and oxygen atoms in total. The quantitative estimate of drug-likeness (QED) is 0.119. The largest absolute Gasteiger partial charge is 0.487 e. The van der Waals surface area contributed by atoms with E-state index in [1.54, 1.807) is 36.4 Å². The number of hydrogen-bond donors (Lipinski definition) is 0. The van der Waals surface area contributed by atoms with Crippen molar-refractivity contribution >= 4 is 66.3 Å². The lowest BCUT2D eigenvalue weighted by atomic mass is 10.2. The summed E-state index contributed by atoms with van der Waals surface area (Å²) < 4.78 is 8.68. The molecule has 0 unspecified atom stereocenters. The molecular weight excluding hydrogens is 616 g/mol. The summed E-state index contributed by atoms with van der Waals surface area (Å²) in [4.78, 5) is 28.4. The summed E-state index contributed by atoms with van der Waals surface area (Å²) in [5.41, 5.74) is 1.62.